The van der Waals surface area contributed by atoms with E-state index in [1.54, 1.807) is 0 Å². The molecule has 0 aliphatic rings. The fourth-order valence-corrected chi connectivity index (χ4v) is 2.06. The predicted molar refractivity (Wildman–Crippen MR) is 51.3 cm³/mol. The number of hydrogen-bond acceptors (Lipinski definition) is 4. The van der Waals surface area contributed by atoms with Gasteiger partial charge in [-0.15, -0.1) is 0 Å². The van der Waals surface area contributed by atoms with Gasteiger partial charge in [0.15, 0.2) is 0 Å². The summed E-state index contributed by atoms with van der Waals surface area (Å²) in [7, 11) is -7.81. The Morgan fingerprint density at radius 2 is 0.929 bits per heavy atom. The zero-order valence-electron chi connectivity index (χ0n) is 7.59. The Morgan fingerprint density at radius 1 is 0.643 bits per heavy atom. The minimum absolute atomic E-state index is 0.296. The lowest BCUT2D eigenvalue weighted by Gasteiger charge is -1.98. The van der Waals surface area contributed by atoms with E-state index >= 15 is 0 Å². The van der Waals surface area contributed by atoms with Crippen molar-refractivity contribution in [2.75, 3.05) is 11.5 Å². The Labute approximate surface area is 83.8 Å². The summed E-state index contributed by atoms with van der Waals surface area (Å²) in [4.78, 5) is 0. The molecule has 0 spiro atoms. The summed E-state index contributed by atoms with van der Waals surface area (Å²) in [6, 6.07) is 0. The van der Waals surface area contributed by atoms with Gasteiger partial charge < -0.3 is 0 Å². The molecule has 0 saturated carbocycles. The highest BCUT2D eigenvalue weighted by molar-refractivity contribution is 7.86. The van der Waals surface area contributed by atoms with Gasteiger partial charge in [0.25, 0.3) is 20.2 Å². The summed E-state index contributed by atoms with van der Waals surface area (Å²) in [6.45, 7) is 0. The van der Waals surface area contributed by atoms with Crippen molar-refractivity contribution in [3.05, 3.63) is 0 Å². The minimum Gasteiger partial charge on any atom is -0.286 e. The predicted octanol–water partition coefficient (Wildman–Crippen LogP) is 0.322. The summed E-state index contributed by atoms with van der Waals surface area (Å²) in [5, 5.41) is 0. The lowest BCUT2D eigenvalue weighted by Crippen LogP contribution is -2.05. The molecule has 0 aliphatic carbocycles. The summed E-state index contributed by atoms with van der Waals surface area (Å²) in [5.41, 5.74) is 0. The van der Waals surface area contributed by atoms with E-state index < -0.39 is 20.2 Å². The van der Waals surface area contributed by atoms with E-state index in [9.17, 15) is 16.8 Å². The van der Waals surface area contributed by atoms with E-state index in [4.69, 9.17) is 9.11 Å². The zero-order chi connectivity index (χ0) is 11.2. The first-order chi connectivity index (χ1) is 6.21. The van der Waals surface area contributed by atoms with E-state index in [0.29, 0.717) is 25.7 Å². The molecule has 0 aliphatic heterocycles. The molecule has 0 aromatic rings. The average molecular weight is 246 g/mol. The van der Waals surface area contributed by atoms with Crippen molar-refractivity contribution in [1.29, 1.82) is 0 Å². The van der Waals surface area contributed by atoms with Crippen LogP contribution in [0.4, 0.5) is 0 Å². The molecule has 0 atom stereocenters. The van der Waals surface area contributed by atoms with Gasteiger partial charge in [-0.1, -0.05) is 12.8 Å². The lowest BCUT2D eigenvalue weighted by molar-refractivity contribution is 0.473. The van der Waals surface area contributed by atoms with Crippen molar-refractivity contribution in [2.24, 2.45) is 0 Å². The first-order valence-electron chi connectivity index (χ1n) is 4.11. The van der Waals surface area contributed by atoms with Gasteiger partial charge in [0.05, 0.1) is 11.5 Å². The van der Waals surface area contributed by atoms with Crippen molar-refractivity contribution >= 4 is 20.2 Å². The van der Waals surface area contributed by atoms with Crippen molar-refractivity contribution in [1.82, 2.24) is 0 Å². The van der Waals surface area contributed by atoms with E-state index in [-0.39, 0.29) is 11.5 Å². The smallest absolute Gasteiger partial charge is 0.264 e. The van der Waals surface area contributed by atoms with Gasteiger partial charge in [-0.05, 0) is 12.8 Å². The fourth-order valence-electron chi connectivity index (χ4n) is 0.922. The maximum atomic E-state index is 10.2. The highest BCUT2D eigenvalue weighted by atomic mass is 32.2. The van der Waals surface area contributed by atoms with Crippen LogP contribution in [-0.2, 0) is 20.2 Å². The largest absolute Gasteiger partial charge is 0.286 e. The number of hydrogen-bond donors (Lipinski definition) is 2. The van der Waals surface area contributed by atoms with E-state index in [1.807, 2.05) is 0 Å². The van der Waals surface area contributed by atoms with Gasteiger partial charge in [-0.25, -0.2) is 0 Å². The van der Waals surface area contributed by atoms with Gasteiger partial charge in [0, 0.05) is 0 Å². The Bertz CT molecular complexity index is 305. The number of unbranched alkanes of at least 4 members (excludes halogenated alkanes) is 3. The van der Waals surface area contributed by atoms with Crippen LogP contribution in [-0.4, -0.2) is 37.4 Å². The third-order valence-corrected chi connectivity index (χ3v) is 3.16. The van der Waals surface area contributed by atoms with Gasteiger partial charge >= 0.3 is 0 Å². The molecule has 0 unspecified atom stereocenters. The van der Waals surface area contributed by atoms with Crippen molar-refractivity contribution in [2.45, 2.75) is 25.7 Å². The van der Waals surface area contributed by atoms with Crippen molar-refractivity contribution < 1.29 is 25.9 Å². The second-order valence-corrected chi connectivity index (χ2v) is 6.13. The third-order valence-electron chi connectivity index (χ3n) is 1.55. The SMILES string of the molecule is O=S(=O)(O)CCCCCCS(=O)(=O)O. The van der Waals surface area contributed by atoms with E-state index in [2.05, 4.69) is 0 Å². The maximum absolute atomic E-state index is 10.2. The van der Waals surface area contributed by atoms with Gasteiger partial charge in [-0.3, -0.25) is 9.11 Å². The topological polar surface area (TPSA) is 109 Å². The molecule has 0 aromatic heterocycles. The summed E-state index contributed by atoms with van der Waals surface area (Å²) in [5.74, 6) is -0.613. The highest BCUT2D eigenvalue weighted by Crippen LogP contribution is 2.03. The minimum atomic E-state index is -3.91. The summed E-state index contributed by atoms with van der Waals surface area (Å²) < 4.78 is 57.7. The Balaban J connectivity index is 3.41. The quantitative estimate of drug-likeness (QED) is 0.494. The molecular formula is C6H14O6S2. The standard InChI is InChI=1S/C6H14O6S2/c7-13(8,9)5-3-1-2-4-6-14(10,11)12/h1-6H2,(H,7,8,9)(H,10,11,12). The normalized spacial score (nSPS) is 13.0. The number of rotatable bonds is 7. The Hall–Kier alpha value is -0.180. The molecule has 6 nitrogen and oxygen atoms in total. The molecule has 0 rings (SSSR count). The van der Waals surface area contributed by atoms with E-state index in [0.717, 1.165) is 0 Å². The van der Waals surface area contributed by atoms with Crippen LogP contribution in [0, 0.1) is 0 Å². The maximum Gasteiger partial charge on any atom is 0.264 e. The van der Waals surface area contributed by atoms with E-state index in [1.165, 1.54) is 0 Å². The van der Waals surface area contributed by atoms with Crippen LogP contribution >= 0.6 is 0 Å². The molecule has 0 fully saturated rings. The van der Waals surface area contributed by atoms with Crippen LogP contribution in [0.5, 0.6) is 0 Å². The second-order valence-electron chi connectivity index (χ2n) is 2.99. The molecule has 8 heteroatoms. The van der Waals surface area contributed by atoms with Crippen LogP contribution in [0.15, 0.2) is 0 Å². The molecule has 14 heavy (non-hydrogen) atoms. The third kappa shape index (κ3) is 11.8. The van der Waals surface area contributed by atoms with Crippen molar-refractivity contribution in [3.63, 3.8) is 0 Å². The molecule has 0 amide bonds. The Kier molecular flexibility index (Phi) is 5.57. The molecule has 86 valence electrons. The molecular weight excluding hydrogens is 232 g/mol. The monoisotopic (exact) mass is 246 g/mol. The molecule has 0 aromatic carbocycles. The molecule has 0 saturated heterocycles. The van der Waals surface area contributed by atoms with Crippen LogP contribution in [0.1, 0.15) is 25.7 Å². The first kappa shape index (κ1) is 13.8. The molecule has 0 bridgehead atoms. The zero-order valence-corrected chi connectivity index (χ0v) is 9.22. The van der Waals surface area contributed by atoms with Gasteiger partial charge in [0.1, 0.15) is 0 Å². The molecule has 2 N–H and O–H groups in total. The van der Waals surface area contributed by atoms with Crippen LogP contribution < -0.4 is 0 Å². The lowest BCUT2D eigenvalue weighted by atomic mass is 10.2. The average Bonchev–Trinajstić information content (AvgIpc) is 1.92. The second kappa shape index (κ2) is 5.64. The van der Waals surface area contributed by atoms with Crippen LogP contribution in [0.25, 0.3) is 0 Å². The van der Waals surface area contributed by atoms with Crippen LogP contribution in [0.2, 0.25) is 0 Å². The van der Waals surface area contributed by atoms with Gasteiger partial charge in [0.2, 0.25) is 0 Å². The molecule has 0 radical (unpaired) electrons. The highest BCUT2D eigenvalue weighted by Gasteiger charge is 2.05. The Morgan fingerprint density at radius 3 is 1.14 bits per heavy atom. The van der Waals surface area contributed by atoms with Gasteiger partial charge in [-0.2, -0.15) is 16.8 Å². The fraction of sp³-hybridized carbons (Fsp3) is 1.00. The molecule has 0 heterocycles. The summed E-state index contributed by atoms with van der Waals surface area (Å²) in [6.07, 6.45) is 1.61. The summed E-state index contributed by atoms with van der Waals surface area (Å²) >= 11 is 0. The van der Waals surface area contributed by atoms with Crippen LogP contribution in [0.3, 0.4) is 0 Å². The first-order valence-corrected chi connectivity index (χ1v) is 7.33. The van der Waals surface area contributed by atoms with Crippen molar-refractivity contribution in [3.8, 4) is 0 Å².